The van der Waals surface area contributed by atoms with Crippen LogP contribution in [0.5, 0.6) is 0 Å². The van der Waals surface area contributed by atoms with Gasteiger partial charge in [-0.3, -0.25) is 0 Å². The van der Waals surface area contributed by atoms with Crippen LogP contribution >= 0.6 is 11.6 Å². The van der Waals surface area contributed by atoms with Crippen LogP contribution in [-0.2, 0) is 6.54 Å². The summed E-state index contributed by atoms with van der Waals surface area (Å²) in [7, 11) is 0. The van der Waals surface area contributed by atoms with Crippen LogP contribution in [0.4, 0.5) is 0 Å². The summed E-state index contributed by atoms with van der Waals surface area (Å²) in [6.07, 6.45) is 3.54. The molecule has 0 aromatic carbocycles. The number of H-pyrrole nitrogens is 1. The molecule has 15 heavy (non-hydrogen) atoms. The fraction of sp³-hybridized carbons (Fsp3) is 0.300. The Morgan fingerprint density at radius 3 is 3.07 bits per heavy atom. The monoisotopic (exact) mass is 225 g/mol. The van der Waals surface area contributed by atoms with Gasteiger partial charge in [-0.1, -0.05) is 0 Å². The second-order valence-corrected chi connectivity index (χ2v) is 3.66. The lowest BCUT2D eigenvalue weighted by Crippen LogP contribution is -2.18. The third kappa shape index (κ3) is 2.61. The van der Waals surface area contributed by atoms with E-state index < -0.39 is 0 Å². The molecular weight excluding hydrogens is 214 g/mol. The van der Waals surface area contributed by atoms with Crippen molar-refractivity contribution in [2.24, 2.45) is 0 Å². The van der Waals surface area contributed by atoms with Crippen molar-refractivity contribution >= 4 is 11.6 Å². The van der Waals surface area contributed by atoms with Gasteiger partial charge in [0.1, 0.15) is 11.6 Å². The summed E-state index contributed by atoms with van der Waals surface area (Å²) < 4.78 is 5.22. The van der Waals surface area contributed by atoms with Crippen LogP contribution in [0.1, 0.15) is 24.6 Å². The van der Waals surface area contributed by atoms with E-state index in [0.717, 1.165) is 11.6 Å². The molecule has 4 nitrogen and oxygen atoms in total. The van der Waals surface area contributed by atoms with Crippen LogP contribution in [0.25, 0.3) is 0 Å². The highest BCUT2D eigenvalue weighted by Gasteiger charge is 2.07. The standard InChI is InChI=1S/C10H12ClN3O/c1-7(10-12-4-5-13-10)14-6-8-2-3-9(11)15-8/h2-5,7,14H,6H2,1H3,(H,12,13). The van der Waals surface area contributed by atoms with Crippen molar-refractivity contribution in [2.45, 2.75) is 19.5 Å². The summed E-state index contributed by atoms with van der Waals surface area (Å²) in [5, 5.41) is 3.68. The Labute approximate surface area is 92.7 Å². The Morgan fingerprint density at radius 2 is 2.47 bits per heavy atom. The second-order valence-electron chi connectivity index (χ2n) is 3.28. The number of rotatable bonds is 4. The highest BCUT2D eigenvalue weighted by Crippen LogP contribution is 2.14. The van der Waals surface area contributed by atoms with E-state index in [1.165, 1.54) is 0 Å². The molecule has 1 atom stereocenters. The number of aromatic nitrogens is 2. The molecule has 0 aliphatic carbocycles. The zero-order valence-electron chi connectivity index (χ0n) is 8.33. The van der Waals surface area contributed by atoms with Gasteiger partial charge in [0.15, 0.2) is 5.22 Å². The van der Waals surface area contributed by atoms with E-state index in [1.807, 2.05) is 13.0 Å². The molecule has 0 saturated heterocycles. The van der Waals surface area contributed by atoms with E-state index in [2.05, 4.69) is 15.3 Å². The van der Waals surface area contributed by atoms with Crippen LogP contribution in [-0.4, -0.2) is 9.97 Å². The first-order chi connectivity index (χ1) is 7.25. The average molecular weight is 226 g/mol. The van der Waals surface area contributed by atoms with Gasteiger partial charge in [0.2, 0.25) is 0 Å². The quantitative estimate of drug-likeness (QED) is 0.841. The SMILES string of the molecule is CC(NCc1ccc(Cl)o1)c1ncc[nH]1. The molecule has 0 aliphatic rings. The minimum absolute atomic E-state index is 0.156. The van der Waals surface area contributed by atoms with Gasteiger partial charge in [0, 0.05) is 12.4 Å². The van der Waals surface area contributed by atoms with Gasteiger partial charge in [0.05, 0.1) is 12.6 Å². The fourth-order valence-electron chi connectivity index (χ4n) is 1.31. The van der Waals surface area contributed by atoms with Crippen LogP contribution in [0.3, 0.4) is 0 Å². The normalized spacial score (nSPS) is 12.9. The molecule has 2 N–H and O–H groups in total. The number of hydrogen-bond donors (Lipinski definition) is 2. The smallest absolute Gasteiger partial charge is 0.193 e. The van der Waals surface area contributed by atoms with E-state index in [0.29, 0.717) is 11.8 Å². The Bertz CT molecular complexity index is 410. The van der Waals surface area contributed by atoms with Crippen molar-refractivity contribution in [3.05, 3.63) is 41.3 Å². The Balaban J connectivity index is 1.88. The lowest BCUT2D eigenvalue weighted by molar-refractivity contribution is 0.455. The summed E-state index contributed by atoms with van der Waals surface area (Å²) >= 11 is 5.66. The van der Waals surface area contributed by atoms with Gasteiger partial charge in [-0.25, -0.2) is 4.98 Å². The molecule has 1 unspecified atom stereocenters. The molecular formula is C10H12ClN3O. The van der Waals surface area contributed by atoms with E-state index in [-0.39, 0.29) is 6.04 Å². The summed E-state index contributed by atoms with van der Waals surface area (Å²) in [4.78, 5) is 7.21. The van der Waals surface area contributed by atoms with E-state index in [1.54, 1.807) is 18.5 Å². The molecule has 0 bridgehead atoms. The van der Waals surface area contributed by atoms with E-state index in [4.69, 9.17) is 16.0 Å². The summed E-state index contributed by atoms with van der Waals surface area (Å²) in [6.45, 7) is 2.66. The Kier molecular flexibility index (Phi) is 3.08. The summed E-state index contributed by atoms with van der Waals surface area (Å²) in [5.74, 6) is 1.73. The van der Waals surface area contributed by atoms with E-state index in [9.17, 15) is 0 Å². The third-order valence-corrected chi connectivity index (χ3v) is 2.34. The molecule has 0 amide bonds. The van der Waals surface area contributed by atoms with Gasteiger partial charge in [-0.2, -0.15) is 0 Å². The molecule has 2 aromatic rings. The zero-order valence-corrected chi connectivity index (χ0v) is 9.08. The number of halogens is 1. The third-order valence-electron chi connectivity index (χ3n) is 2.14. The number of aromatic amines is 1. The van der Waals surface area contributed by atoms with E-state index >= 15 is 0 Å². The van der Waals surface area contributed by atoms with Crippen molar-refractivity contribution < 1.29 is 4.42 Å². The summed E-state index contributed by atoms with van der Waals surface area (Å²) in [6, 6.07) is 3.74. The maximum absolute atomic E-state index is 5.66. The molecule has 0 radical (unpaired) electrons. The van der Waals surface area contributed by atoms with Crippen molar-refractivity contribution in [1.82, 2.24) is 15.3 Å². The molecule has 80 valence electrons. The number of imidazole rings is 1. The van der Waals surface area contributed by atoms with Gasteiger partial charge in [-0.05, 0) is 30.7 Å². The average Bonchev–Trinajstić information content (AvgIpc) is 2.84. The highest BCUT2D eigenvalue weighted by atomic mass is 35.5. The molecule has 0 saturated carbocycles. The van der Waals surface area contributed by atoms with Crippen molar-refractivity contribution in [1.29, 1.82) is 0 Å². The molecule has 5 heteroatoms. The largest absolute Gasteiger partial charge is 0.448 e. The number of hydrogen-bond acceptors (Lipinski definition) is 3. The lowest BCUT2D eigenvalue weighted by Gasteiger charge is -2.09. The van der Waals surface area contributed by atoms with Gasteiger partial charge < -0.3 is 14.7 Å². The maximum Gasteiger partial charge on any atom is 0.193 e. The summed E-state index contributed by atoms with van der Waals surface area (Å²) in [5.41, 5.74) is 0. The Morgan fingerprint density at radius 1 is 1.60 bits per heavy atom. The predicted molar refractivity (Wildman–Crippen MR) is 57.6 cm³/mol. The first kappa shape index (κ1) is 10.3. The van der Waals surface area contributed by atoms with Crippen LogP contribution in [0.2, 0.25) is 5.22 Å². The molecule has 2 heterocycles. The maximum atomic E-state index is 5.66. The highest BCUT2D eigenvalue weighted by molar-refractivity contribution is 6.28. The van der Waals surface area contributed by atoms with Crippen molar-refractivity contribution in [2.75, 3.05) is 0 Å². The molecule has 2 rings (SSSR count). The van der Waals surface area contributed by atoms with Crippen LogP contribution in [0, 0.1) is 0 Å². The first-order valence-electron chi connectivity index (χ1n) is 4.72. The minimum Gasteiger partial charge on any atom is -0.448 e. The Hall–Kier alpha value is -1.26. The molecule has 0 fully saturated rings. The van der Waals surface area contributed by atoms with Gasteiger partial charge in [-0.15, -0.1) is 0 Å². The van der Waals surface area contributed by atoms with Crippen molar-refractivity contribution in [3.63, 3.8) is 0 Å². The molecule has 0 spiro atoms. The second kappa shape index (κ2) is 4.51. The van der Waals surface area contributed by atoms with Gasteiger partial charge in [0.25, 0.3) is 0 Å². The van der Waals surface area contributed by atoms with Crippen molar-refractivity contribution in [3.8, 4) is 0 Å². The first-order valence-corrected chi connectivity index (χ1v) is 5.10. The lowest BCUT2D eigenvalue weighted by atomic mass is 10.3. The molecule has 0 aliphatic heterocycles. The number of nitrogens with zero attached hydrogens (tertiary/aromatic N) is 1. The van der Waals surface area contributed by atoms with Crippen LogP contribution < -0.4 is 5.32 Å². The molecule has 2 aromatic heterocycles. The van der Waals surface area contributed by atoms with Gasteiger partial charge >= 0.3 is 0 Å². The number of furan rings is 1. The predicted octanol–water partition coefficient (Wildman–Crippen LogP) is 2.51. The number of nitrogens with one attached hydrogen (secondary N) is 2. The zero-order chi connectivity index (χ0) is 10.7. The fourth-order valence-corrected chi connectivity index (χ4v) is 1.47. The van der Waals surface area contributed by atoms with Crippen LogP contribution in [0.15, 0.2) is 28.9 Å². The topological polar surface area (TPSA) is 53.9 Å². The minimum atomic E-state index is 0.156.